The number of nitrogens with zero attached hydrogens (tertiary/aromatic N) is 4. The Balaban J connectivity index is 1.63. The molecule has 0 spiro atoms. The van der Waals surface area contributed by atoms with Crippen LogP contribution in [0.2, 0.25) is 0 Å². The van der Waals surface area contributed by atoms with Crippen LogP contribution in [0.25, 0.3) is 27.2 Å². The summed E-state index contributed by atoms with van der Waals surface area (Å²) in [5.41, 5.74) is 1.26. The van der Waals surface area contributed by atoms with Crippen molar-refractivity contribution in [3.8, 4) is 5.95 Å². The van der Waals surface area contributed by atoms with Crippen molar-refractivity contribution in [1.29, 1.82) is 0 Å². The second kappa shape index (κ2) is 6.21. The van der Waals surface area contributed by atoms with Gasteiger partial charge in [-0.25, -0.2) is 4.98 Å². The zero-order chi connectivity index (χ0) is 17.5. The highest BCUT2D eigenvalue weighted by Gasteiger charge is 2.19. The second-order valence-electron chi connectivity index (χ2n) is 6.64. The first-order valence-corrected chi connectivity index (χ1v) is 9.66. The summed E-state index contributed by atoms with van der Waals surface area (Å²) in [7, 11) is 0. The molecule has 7 nitrogen and oxygen atoms in total. The number of H-pyrrole nitrogens is 1. The van der Waals surface area contributed by atoms with Crippen LogP contribution >= 0.6 is 11.5 Å². The van der Waals surface area contributed by atoms with Crippen LogP contribution in [-0.4, -0.2) is 29.9 Å². The number of benzene rings is 1. The van der Waals surface area contributed by atoms with Gasteiger partial charge >= 0.3 is 0 Å². The van der Waals surface area contributed by atoms with E-state index in [-0.39, 0.29) is 5.56 Å². The number of hydrogen-bond donors (Lipinski definition) is 2. The van der Waals surface area contributed by atoms with Crippen molar-refractivity contribution in [3.63, 3.8) is 0 Å². The van der Waals surface area contributed by atoms with Crippen LogP contribution in [0.15, 0.2) is 35.4 Å². The van der Waals surface area contributed by atoms with Crippen molar-refractivity contribution in [3.05, 3.63) is 40.9 Å². The van der Waals surface area contributed by atoms with Gasteiger partial charge in [-0.15, -0.1) is 0 Å². The molecule has 5 rings (SSSR count). The summed E-state index contributed by atoms with van der Waals surface area (Å²) in [5, 5.41) is 4.23. The van der Waals surface area contributed by atoms with Gasteiger partial charge in [0.2, 0.25) is 0 Å². The van der Waals surface area contributed by atoms with Crippen molar-refractivity contribution >= 4 is 38.6 Å². The normalized spacial score (nSPS) is 15.7. The predicted molar refractivity (Wildman–Crippen MR) is 103 cm³/mol. The number of aromatic nitrogens is 5. The maximum Gasteiger partial charge on any atom is 0.275 e. The summed E-state index contributed by atoms with van der Waals surface area (Å²) in [6, 6.07) is 7.97. The van der Waals surface area contributed by atoms with E-state index < -0.39 is 0 Å². The molecule has 4 aromatic rings. The van der Waals surface area contributed by atoms with Gasteiger partial charge in [-0.3, -0.25) is 4.79 Å². The van der Waals surface area contributed by atoms with E-state index in [4.69, 9.17) is 0 Å². The Kier molecular flexibility index (Phi) is 3.70. The lowest BCUT2D eigenvalue weighted by Gasteiger charge is -2.23. The molecule has 3 aromatic heterocycles. The third kappa shape index (κ3) is 2.57. The number of hydrogen-bond acceptors (Lipinski definition) is 6. The van der Waals surface area contributed by atoms with Crippen LogP contribution < -0.4 is 10.9 Å². The summed E-state index contributed by atoms with van der Waals surface area (Å²) in [6.45, 7) is 0. The Morgan fingerprint density at radius 2 is 2.00 bits per heavy atom. The van der Waals surface area contributed by atoms with Gasteiger partial charge < -0.3 is 10.3 Å². The molecule has 1 aliphatic rings. The molecular formula is C18H18N6OS. The zero-order valence-corrected chi connectivity index (χ0v) is 14.9. The SMILES string of the molecule is O=c1c2ccccc2sn1-c1nc(NC2CCCCC2)c2[nH]cnc2n1. The third-order valence-corrected chi connectivity index (χ3v) is 5.96. The van der Waals surface area contributed by atoms with Crippen LogP contribution in [0.5, 0.6) is 0 Å². The van der Waals surface area contributed by atoms with E-state index in [0.717, 1.165) is 28.9 Å². The standard InChI is InChI=1S/C18H18N6OS/c25-17-12-8-4-5-9-13(12)26-24(17)18-22-15-14(19-10-20-15)16(23-18)21-11-6-2-1-3-7-11/h4-5,8-11H,1-3,6-7H2,(H2,19,20,21,22,23). The highest BCUT2D eigenvalue weighted by atomic mass is 32.1. The van der Waals surface area contributed by atoms with Crippen molar-refractivity contribution in [1.82, 2.24) is 23.9 Å². The van der Waals surface area contributed by atoms with Crippen LogP contribution in [0.3, 0.4) is 0 Å². The number of imidazole rings is 1. The third-order valence-electron chi connectivity index (χ3n) is 4.89. The first-order valence-electron chi connectivity index (χ1n) is 8.89. The van der Waals surface area contributed by atoms with E-state index in [0.29, 0.717) is 23.0 Å². The van der Waals surface area contributed by atoms with Crippen LogP contribution in [0, 0.1) is 0 Å². The molecule has 0 amide bonds. The molecule has 0 aliphatic heterocycles. The number of nitrogens with one attached hydrogen (secondary N) is 2. The lowest BCUT2D eigenvalue weighted by atomic mass is 9.95. The Bertz CT molecular complexity index is 1140. The van der Waals surface area contributed by atoms with Crippen molar-refractivity contribution in [2.45, 2.75) is 38.1 Å². The van der Waals surface area contributed by atoms with Crippen molar-refractivity contribution in [2.24, 2.45) is 0 Å². The van der Waals surface area contributed by atoms with E-state index in [2.05, 4.69) is 25.3 Å². The molecule has 0 unspecified atom stereocenters. The molecule has 1 fully saturated rings. The average molecular weight is 366 g/mol. The summed E-state index contributed by atoms with van der Waals surface area (Å²) >= 11 is 1.36. The molecule has 1 saturated carbocycles. The number of aromatic amines is 1. The van der Waals surface area contributed by atoms with E-state index >= 15 is 0 Å². The molecule has 0 saturated heterocycles. The molecule has 0 atom stereocenters. The predicted octanol–water partition coefficient (Wildman–Crippen LogP) is 3.46. The fraction of sp³-hybridized carbons (Fsp3) is 0.333. The molecule has 3 heterocycles. The Hall–Kier alpha value is -2.74. The lowest BCUT2D eigenvalue weighted by molar-refractivity contribution is 0.462. The van der Waals surface area contributed by atoms with Gasteiger partial charge in [-0.2, -0.15) is 13.9 Å². The second-order valence-corrected chi connectivity index (χ2v) is 7.63. The van der Waals surface area contributed by atoms with Gasteiger partial charge in [0, 0.05) is 6.04 Å². The molecule has 26 heavy (non-hydrogen) atoms. The highest BCUT2D eigenvalue weighted by Crippen LogP contribution is 2.25. The molecule has 1 aliphatic carbocycles. The molecular weight excluding hydrogens is 348 g/mol. The number of anilines is 1. The molecule has 132 valence electrons. The van der Waals surface area contributed by atoms with E-state index in [1.807, 2.05) is 24.3 Å². The maximum atomic E-state index is 12.7. The average Bonchev–Trinajstić information content (AvgIpc) is 3.28. The monoisotopic (exact) mass is 366 g/mol. The molecule has 0 bridgehead atoms. The number of fused-ring (bicyclic) bond motifs is 2. The summed E-state index contributed by atoms with van der Waals surface area (Å²) < 4.78 is 2.47. The van der Waals surface area contributed by atoms with Crippen LogP contribution in [0.1, 0.15) is 32.1 Å². The Labute approximate surface area is 153 Å². The summed E-state index contributed by atoms with van der Waals surface area (Å²) in [5.74, 6) is 1.09. The van der Waals surface area contributed by atoms with Crippen LogP contribution in [0.4, 0.5) is 5.82 Å². The molecule has 8 heteroatoms. The van der Waals surface area contributed by atoms with Crippen molar-refractivity contribution in [2.75, 3.05) is 5.32 Å². The van der Waals surface area contributed by atoms with Gasteiger partial charge in [0.25, 0.3) is 11.5 Å². The Morgan fingerprint density at radius 1 is 1.15 bits per heavy atom. The summed E-state index contributed by atoms with van der Waals surface area (Å²) in [6.07, 6.45) is 7.65. The van der Waals surface area contributed by atoms with E-state index in [1.165, 1.54) is 30.8 Å². The lowest BCUT2D eigenvalue weighted by Crippen LogP contribution is -2.24. The van der Waals surface area contributed by atoms with Crippen molar-refractivity contribution < 1.29 is 0 Å². The van der Waals surface area contributed by atoms with Gasteiger partial charge in [-0.1, -0.05) is 31.4 Å². The van der Waals surface area contributed by atoms with Crippen LogP contribution in [-0.2, 0) is 0 Å². The Morgan fingerprint density at radius 3 is 2.85 bits per heavy atom. The summed E-state index contributed by atoms with van der Waals surface area (Å²) in [4.78, 5) is 29.3. The first-order chi connectivity index (χ1) is 12.8. The minimum absolute atomic E-state index is 0.0934. The van der Waals surface area contributed by atoms with E-state index in [1.54, 1.807) is 10.3 Å². The fourth-order valence-corrected chi connectivity index (χ4v) is 4.50. The van der Waals surface area contributed by atoms with Gasteiger partial charge in [0.15, 0.2) is 11.5 Å². The highest BCUT2D eigenvalue weighted by molar-refractivity contribution is 7.14. The quantitative estimate of drug-likeness (QED) is 0.580. The van der Waals surface area contributed by atoms with E-state index in [9.17, 15) is 4.79 Å². The van der Waals surface area contributed by atoms with Gasteiger partial charge in [0.1, 0.15) is 5.52 Å². The topological polar surface area (TPSA) is 88.5 Å². The van der Waals surface area contributed by atoms with Gasteiger partial charge in [0.05, 0.1) is 16.4 Å². The fourth-order valence-electron chi connectivity index (χ4n) is 3.56. The minimum Gasteiger partial charge on any atom is -0.365 e. The zero-order valence-electron chi connectivity index (χ0n) is 14.1. The first kappa shape index (κ1) is 15.5. The maximum absolute atomic E-state index is 12.7. The largest absolute Gasteiger partial charge is 0.365 e. The minimum atomic E-state index is -0.0934. The van der Waals surface area contributed by atoms with Gasteiger partial charge in [-0.05, 0) is 36.5 Å². The molecule has 0 radical (unpaired) electrons. The molecule has 1 aromatic carbocycles. The smallest absolute Gasteiger partial charge is 0.275 e. The molecule has 2 N–H and O–H groups in total. The number of rotatable bonds is 3.